The summed E-state index contributed by atoms with van der Waals surface area (Å²) in [5, 5.41) is 3.03. The summed E-state index contributed by atoms with van der Waals surface area (Å²) in [7, 11) is 1.18. The molecule has 0 aromatic carbocycles. The van der Waals surface area contributed by atoms with Crippen molar-refractivity contribution in [1.82, 2.24) is 5.32 Å². The van der Waals surface area contributed by atoms with Gasteiger partial charge in [-0.3, -0.25) is 14.2 Å². The van der Waals surface area contributed by atoms with Crippen molar-refractivity contribution < 1.29 is 37.3 Å². The number of ether oxygens (including phenoxy) is 1. The second-order valence-corrected chi connectivity index (χ2v) is 25.4. The molecule has 0 saturated heterocycles. The van der Waals surface area contributed by atoms with Gasteiger partial charge in [-0.15, -0.1) is 0 Å². The van der Waals surface area contributed by atoms with Crippen LogP contribution in [-0.4, -0.2) is 69.4 Å². The Morgan fingerprint density at radius 3 is 1.19 bits per heavy atom. The molecule has 3 atom stereocenters. The van der Waals surface area contributed by atoms with Crippen LogP contribution < -0.4 is 10.2 Å². The molecular formula is C70H129N2O7P. The van der Waals surface area contributed by atoms with E-state index >= 15 is 0 Å². The van der Waals surface area contributed by atoms with Crippen LogP contribution in [0.1, 0.15) is 310 Å². The summed E-state index contributed by atoms with van der Waals surface area (Å²) in [6.07, 6.45) is 77.3. The Kier molecular flexibility index (Phi) is 57.7. The number of hydrogen-bond donors (Lipinski definition) is 1. The summed E-state index contributed by atoms with van der Waals surface area (Å²) in [5.41, 5.74) is 0. The van der Waals surface area contributed by atoms with Crippen LogP contribution in [0.2, 0.25) is 0 Å². The first-order chi connectivity index (χ1) is 38.9. The van der Waals surface area contributed by atoms with Gasteiger partial charge in [0, 0.05) is 12.8 Å². The molecule has 1 N–H and O–H groups in total. The molecule has 3 unspecified atom stereocenters. The number of nitrogens with one attached hydrogen (secondary N) is 1. The molecule has 0 aliphatic heterocycles. The predicted octanol–water partition coefficient (Wildman–Crippen LogP) is 20.5. The zero-order chi connectivity index (χ0) is 58.6. The van der Waals surface area contributed by atoms with Crippen molar-refractivity contribution in [2.24, 2.45) is 0 Å². The van der Waals surface area contributed by atoms with Crippen molar-refractivity contribution in [3.05, 3.63) is 72.9 Å². The van der Waals surface area contributed by atoms with Gasteiger partial charge in [0.05, 0.1) is 33.8 Å². The predicted molar refractivity (Wildman–Crippen MR) is 344 cm³/mol. The molecular weight excluding hydrogens is 1010 g/mol. The number of unbranched alkanes of at least 4 members (excludes halogenated alkanes) is 35. The minimum Gasteiger partial charge on any atom is -0.756 e. The average Bonchev–Trinajstić information content (AvgIpc) is 3.43. The molecule has 0 fully saturated rings. The fourth-order valence-corrected chi connectivity index (χ4v) is 10.3. The third-order valence-electron chi connectivity index (χ3n) is 14.9. The Hall–Kier alpha value is -2.55. The molecule has 466 valence electrons. The van der Waals surface area contributed by atoms with Crippen molar-refractivity contribution >= 4 is 19.7 Å². The van der Waals surface area contributed by atoms with E-state index in [-0.39, 0.29) is 24.9 Å². The van der Waals surface area contributed by atoms with Gasteiger partial charge in [-0.05, 0) is 102 Å². The largest absolute Gasteiger partial charge is 0.756 e. The normalized spacial score (nSPS) is 14.0. The lowest BCUT2D eigenvalue weighted by atomic mass is 10.0. The van der Waals surface area contributed by atoms with Gasteiger partial charge in [-0.25, -0.2) is 0 Å². The van der Waals surface area contributed by atoms with E-state index in [2.05, 4.69) is 86.8 Å². The number of carbonyl (C=O) groups excluding carboxylic acids is 2. The summed E-state index contributed by atoms with van der Waals surface area (Å²) >= 11 is 0. The Labute approximate surface area is 495 Å². The van der Waals surface area contributed by atoms with Crippen LogP contribution in [0.5, 0.6) is 0 Å². The van der Waals surface area contributed by atoms with Gasteiger partial charge >= 0.3 is 5.97 Å². The molecule has 1 amide bonds. The number of rotatable bonds is 61. The van der Waals surface area contributed by atoms with Gasteiger partial charge in [0.15, 0.2) is 0 Å². The van der Waals surface area contributed by atoms with Crippen LogP contribution in [-0.2, 0) is 27.9 Å². The van der Waals surface area contributed by atoms with E-state index in [1.165, 1.54) is 186 Å². The Bertz CT molecular complexity index is 1600. The van der Waals surface area contributed by atoms with E-state index in [9.17, 15) is 19.0 Å². The summed E-state index contributed by atoms with van der Waals surface area (Å²) in [6.45, 7) is 6.82. The molecule has 0 rings (SSSR count). The fraction of sp³-hybridized carbons (Fsp3) is 0.800. The van der Waals surface area contributed by atoms with Gasteiger partial charge < -0.3 is 28.5 Å². The minimum atomic E-state index is -4.70. The fourth-order valence-electron chi connectivity index (χ4n) is 9.62. The molecule has 0 radical (unpaired) electrons. The third-order valence-corrected chi connectivity index (χ3v) is 15.8. The quantitative estimate of drug-likeness (QED) is 0.0212. The number of esters is 1. The zero-order valence-electron chi connectivity index (χ0n) is 53.3. The zero-order valence-corrected chi connectivity index (χ0v) is 54.2. The third kappa shape index (κ3) is 60.1. The van der Waals surface area contributed by atoms with Crippen LogP contribution >= 0.6 is 7.82 Å². The number of phosphoric acid groups is 1. The smallest absolute Gasteiger partial charge is 0.306 e. The van der Waals surface area contributed by atoms with Crippen molar-refractivity contribution in [2.75, 3.05) is 40.9 Å². The molecule has 80 heavy (non-hydrogen) atoms. The van der Waals surface area contributed by atoms with Gasteiger partial charge in [0.2, 0.25) is 5.91 Å². The Balaban J connectivity index is 5.07. The van der Waals surface area contributed by atoms with E-state index in [1.54, 1.807) is 0 Å². The second kappa shape index (κ2) is 59.6. The molecule has 0 bridgehead atoms. The molecule has 0 aliphatic rings. The first-order valence-corrected chi connectivity index (χ1v) is 35.2. The Morgan fingerprint density at radius 1 is 0.438 bits per heavy atom. The summed E-state index contributed by atoms with van der Waals surface area (Å²) < 4.78 is 30.4. The number of nitrogens with zero attached hydrogens (tertiary/aromatic N) is 1. The number of hydrogen-bond acceptors (Lipinski definition) is 7. The monoisotopic (exact) mass is 1140 g/mol. The van der Waals surface area contributed by atoms with E-state index in [0.717, 1.165) is 89.9 Å². The highest BCUT2D eigenvalue weighted by molar-refractivity contribution is 7.45. The molecule has 9 nitrogen and oxygen atoms in total. The maximum Gasteiger partial charge on any atom is 0.306 e. The standard InChI is InChI=1S/C70H129N2O7P/c1-7-10-13-16-19-22-25-28-30-31-32-33-34-35-36-37-38-39-40-41-43-45-48-51-54-57-60-63-70(74)79-68(61-58-55-52-49-46-27-24-21-18-15-12-9-3)67(66-78-80(75,76)77-65-64-72(4,5)6)71-69(73)62-59-56-53-50-47-44-42-29-26-23-20-17-14-11-8-2/h19,22-23,26,28,30,32-33,35-36,58,61,67-68H,7-18,20-21,24-25,27,29,31,34,37-57,59-60,62-66H2,1-6H3,(H-,71,73,75,76)/b22-19-,26-23-,30-28-,33-32-,36-35-,61-58-. The number of carbonyl (C=O) groups is 2. The lowest BCUT2D eigenvalue weighted by Gasteiger charge is -2.30. The number of amides is 1. The molecule has 0 aromatic heterocycles. The Morgan fingerprint density at radius 2 is 0.762 bits per heavy atom. The van der Waals surface area contributed by atoms with Crippen LogP contribution in [0.4, 0.5) is 0 Å². The van der Waals surface area contributed by atoms with Crippen LogP contribution in [0.15, 0.2) is 72.9 Å². The minimum absolute atomic E-state index is 0.0248. The number of likely N-dealkylation sites (N-methyl/N-ethyl adjacent to an activating group) is 1. The lowest BCUT2D eigenvalue weighted by Crippen LogP contribution is -2.47. The number of phosphoric ester groups is 1. The van der Waals surface area contributed by atoms with Crippen molar-refractivity contribution in [3.8, 4) is 0 Å². The van der Waals surface area contributed by atoms with Gasteiger partial charge in [0.25, 0.3) is 7.82 Å². The van der Waals surface area contributed by atoms with Crippen LogP contribution in [0, 0.1) is 0 Å². The van der Waals surface area contributed by atoms with Crippen LogP contribution in [0.3, 0.4) is 0 Å². The van der Waals surface area contributed by atoms with Crippen molar-refractivity contribution in [2.45, 2.75) is 322 Å². The van der Waals surface area contributed by atoms with E-state index in [0.29, 0.717) is 17.4 Å². The van der Waals surface area contributed by atoms with E-state index < -0.39 is 26.6 Å². The molecule has 0 heterocycles. The summed E-state index contributed by atoms with van der Waals surface area (Å²) in [5.74, 6) is -0.544. The molecule has 0 aromatic rings. The van der Waals surface area contributed by atoms with Gasteiger partial charge in [-0.2, -0.15) is 0 Å². The van der Waals surface area contributed by atoms with Gasteiger partial charge in [-0.1, -0.05) is 267 Å². The van der Waals surface area contributed by atoms with Gasteiger partial charge in [0.1, 0.15) is 19.3 Å². The van der Waals surface area contributed by atoms with E-state index in [1.807, 2.05) is 33.3 Å². The number of quaternary nitrogens is 1. The first-order valence-electron chi connectivity index (χ1n) is 33.7. The summed E-state index contributed by atoms with van der Waals surface area (Å²) in [4.78, 5) is 40.1. The molecule has 10 heteroatoms. The highest BCUT2D eigenvalue weighted by atomic mass is 31.2. The molecule has 0 spiro atoms. The number of allylic oxidation sites excluding steroid dienone is 11. The maximum absolute atomic E-state index is 13.5. The summed E-state index contributed by atoms with van der Waals surface area (Å²) in [6, 6.07) is -0.893. The maximum atomic E-state index is 13.5. The molecule has 0 saturated carbocycles. The van der Waals surface area contributed by atoms with Crippen molar-refractivity contribution in [1.29, 1.82) is 0 Å². The highest BCUT2D eigenvalue weighted by Crippen LogP contribution is 2.38. The SMILES string of the molecule is CCCCC/C=C\C/C=C\C/C=C\C/C=C\CCCCCCCCCCCCCC(=O)OC(/C=C\CCCCCCCCCCCC)C(COP(=O)([O-])OCC[N+](C)(C)C)NC(=O)CCCCCCCCC/C=C\CCCCCC. The van der Waals surface area contributed by atoms with Crippen molar-refractivity contribution in [3.63, 3.8) is 0 Å². The topological polar surface area (TPSA) is 114 Å². The second-order valence-electron chi connectivity index (χ2n) is 24.0. The highest BCUT2D eigenvalue weighted by Gasteiger charge is 2.27. The lowest BCUT2D eigenvalue weighted by molar-refractivity contribution is -0.870. The van der Waals surface area contributed by atoms with E-state index in [4.69, 9.17) is 13.8 Å². The van der Waals surface area contributed by atoms with Crippen LogP contribution in [0.25, 0.3) is 0 Å². The first kappa shape index (κ1) is 77.5. The average molecular weight is 1140 g/mol. The molecule has 0 aliphatic carbocycles.